The van der Waals surface area contributed by atoms with E-state index in [1.807, 2.05) is 4.90 Å². The maximum absolute atomic E-state index is 11.8. The third-order valence-corrected chi connectivity index (χ3v) is 3.76. The molecule has 6 nitrogen and oxygen atoms in total. The van der Waals surface area contributed by atoms with E-state index in [0.717, 1.165) is 38.8 Å². The molecule has 1 aromatic heterocycles. The van der Waals surface area contributed by atoms with Gasteiger partial charge in [0.25, 0.3) is 5.56 Å². The Morgan fingerprint density at radius 3 is 3.05 bits per heavy atom. The van der Waals surface area contributed by atoms with Gasteiger partial charge in [-0.1, -0.05) is 18.0 Å². The second-order valence-electron chi connectivity index (χ2n) is 4.90. The van der Waals surface area contributed by atoms with Crippen molar-refractivity contribution >= 4 is 23.2 Å². The number of carbonyl (C=O) groups excluding carboxylic acids is 1. The van der Waals surface area contributed by atoms with Crippen LogP contribution in [-0.2, 0) is 4.79 Å². The topological polar surface area (TPSA) is 78.1 Å². The number of halogens is 1. The number of hydrogen-bond acceptors (Lipinski definition) is 4. The molecule has 1 fully saturated rings. The van der Waals surface area contributed by atoms with Crippen molar-refractivity contribution in [3.63, 3.8) is 0 Å². The zero-order valence-electron chi connectivity index (χ0n) is 11.3. The molecule has 7 heteroatoms. The minimum atomic E-state index is -0.403. The van der Waals surface area contributed by atoms with Crippen LogP contribution in [0.25, 0.3) is 0 Å². The highest BCUT2D eigenvalue weighted by molar-refractivity contribution is 6.32. The molecule has 0 aliphatic carbocycles. The van der Waals surface area contributed by atoms with Crippen LogP contribution in [0.1, 0.15) is 32.1 Å². The van der Waals surface area contributed by atoms with Crippen LogP contribution in [0.15, 0.2) is 11.0 Å². The number of nitrogens with zero attached hydrogens (tertiary/aromatic N) is 2. The lowest BCUT2D eigenvalue weighted by atomic mass is 10.2. The standard InChI is InChI=1S/C13H19ClN4O2/c14-12-10(9-16-17-13(12)20)15-6-4-8-18-7-3-1-2-5-11(18)19/h9H,1-8H2,(H2,15,17,20). The van der Waals surface area contributed by atoms with E-state index in [0.29, 0.717) is 18.7 Å². The Bertz CT molecular complexity index is 517. The fraction of sp³-hybridized carbons (Fsp3) is 0.615. The quantitative estimate of drug-likeness (QED) is 0.810. The molecule has 0 unspecified atom stereocenters. The summed E-state index contributed by atoms with van der Waals surface area (Å²) in [5.41, 5.74) is 0.122. The SMILES string of the molecule is O=C1CCCCCN1CCCNc1cn[nH]c(=O)c1Cl. The largest absolute Gasteiger partial charge is 0.382 e. The van der Waals surface area contributed by atoms with Gasteiger partial charge in [-0.2, -0.15) is 5.10 Å². The number of aromatic amines is 1. The number of rotatable bonds is 5. The molecule has 1 aliphatic rings. The van der Waals surface area contributed by atoms with Crippen LogP contribution in [0, 0.1) is 0 Å². The molecule has 20 heavy (non-hydrogen) atoms. The van der Waals surface area contributed by atoms with Crippen molar-refractivity contribution in [1.82, 2.24) is 15.1 Å². The van der Waals surface area contributed by atoms with Crippen molar-refractivity contribution in [1.29, 1.82) is 0 Å². The van der Waals surface area contributed by atoms with Crippen LogP contribution in [0.5, 0.6) is 0 Å². The normalized spacial score (nSPS) is 16.1. The zero-order chi connectivity index (χ0) is 14.4. The lowest BCUT2D eigenvalue weighted by Gasteiger charge is -2.20. The summed E-state index contributed by atoms with van der Waals surface area (Å²) in [6, 6.07) is 0. The average Bonchev–Trinajstić information content (AvgIpc) is 2.64. The number of likely N-dealkylation sites (tertiary alicyclic amines) is 1. The van der Waals surface area contributed by atoms with E-state index in [9.17, 15) is 9.59 Å². The molecular formula is C13H19ClN4O2. The molecule has 110 valence electrons. The predicted molar refractivity (Wildman–Crippen MR) is 78.0 cm³/mol. The summed E-state index contributed by atoms with van der Waals surface area (Å²) in [4.78, 5) is 25.0. The Kier molecular flexibility index (Phi) is 5.40. The number of carbonyl (C=O) groups is 1. The van der Waals surface area contributed by atoms with Gasteiger partial charge in [0.2, 0.25) is 5.91 Å². The van der Waals surface area contributed by atoms with Gasteiger partial charge in [-0.15, -0.1) is 0 Å². The van der Waals surface area contributed by atoms with E-state index in [2.05, 4.69) is 15.5 Å². The summed E-state index contributed by atoms with van der Waals surface area (Å²) in [6.07, 6.45) is 6.19. The molecule has 2 rings (SSSR count). The van der Waals surface area contributed by atoms with Gasteiger partial charge < -0.3 is 10.2 Å². The van der Waals surface area contributed by atoms with Crippen LogP contribution in [0.4, 0.5) is 5.69 Å². The summed E-state index contributed by atoms with van der Waals surface area (Å²) in [6.45, 7) is 2.24. The fourth-order valence-corrected chi connectivity index (χ4v) is 2.43. The van der Waals surface area contributed by atoms with E-state index in [-0.39, 0.29) is 10.9 Å². The van der Waals surface area contributed by atoms with Crippen LogP contribution in [0.3, 0.4) is 0 Å². The Morgan fingerprint density at radius 1 is 1.35 bits per heavy atom. The van der Waals surface area contributed by atoms with Gasteiger partial charge in [-0.25, -0.2) is 5.10 Å². The Morgan fingerprint density at radius 2 is 2.20 bits per heavy atom. The van der Waals surface area contributed by atoms with Gasteiger partial charge in [0.1, 0.15) is 5.02 Å². The van der Waals surface area contributed by atoms with Crippen LogP contribution >= 0.6 is 11.6 Å². The van der Waals surface area contributed by atoms with Crippen molar-refractivity contribution in [3.8, 4) is 0 Å². The van der Waals surface area contributed by atoms with Gasteiger partial charge in [-0.05, 0) is 19.3 Å². The minimum Gasteiger partial charge on any atom is -0.382 e. The van der Waals surface area contributed by atoms with Gasteiger partial charge in [0.05, 0.1) is 11.9 Å². The molecule has 1 saturated heterocycles. The molecule has 1 aromatic rings. The van der Waals surface area contributed by atoms with E-state index >= 15 is 0 Å². The molecule has 0 spiro atoms. The monoisotopic (exact) mass is 298 g/mol. The molecule has 1 amide bonds. The predicted octanol–water partition coefficient (Wildman–Crippen LogP) is 1.63. The first kappa shape index (κ1) is 14.8. The van der Waals surface area contributed by atoms with Gasteiger partial charge in [0.15, 0.2) is 0 Å². The van der Waals surface area contributed by atoms with Crippen molar-refractivity contribution in [2.45, 2.75) is 32.1 Å². The van der Waals surface area contributed by atoms with E-state index in [1.54, 1.807) is 0 Å². The Hall–Kier alpha value is -1.56. The number of aromatic nitrogens is 2. The highest BCUT2D eigenvalue weighted by atomic mass is 35.5. The van der Waals surface area contributed by atoms with Crippen LogP contribution < -0.4 is 10.9 Å². The van der Waals surface area contributed by atoms with E-state index < -0.39 is 5.56 Å². The van der Waals surface area contributed by atoms with Gasteiger partial charge in [-0.3, -0.25) is 9.59 Å². The van der Waals surface area contributed by atoms with Gasteiger partial charge in [0, 0.05) is 26.1 Å². The Labute approximate surface area is 122 Å². The van der Waals surface area contributed by atoms with Crippen LogP contribution in [0.2, 0.25) is 5.02 Å². The number of anilines is 1. The third kappa shape index (κ3) is 3.96. The molecule has 0 aromatic carbocycles. The molecule has 0 bridgehead atoms. The van der Waals surface area contributed by atoms with Gasteiger partial charge >= 0.3 is 0 Å². The van der Waals surface area contributed by atoms with Crippen molar-refractivity contribution in [2.24, 2.45) is 0 Å². The molecule has 0 saturated carbocycles. The summed E-state index contributed by atoms with van der Waals surface area (Å²) < 4.78 is 0. The molecular weight excluding hydrogens is 280 g/mol. The lowest BCUT2D eigenvalue weighted by molar-refractivity contribution is -0.130. The first-order chi connectivity index (χ1) is 9.68. The van der Waals surface area contributed by atoms with E-state index in [4.69, 9.17) is 11.6 Å². The smallest absolute Gasteiger partial charge is 0.285 e. The fourth-order valence-electron chi connectivity index (χ4n) is 2.27. The van der Waals surface area contributed by atoms with Crippen molar-refractivity contribution in [3.05, 3.63) is 21.6 Å². The first-order valence-electron chi connectivity index (χ1n) is 6.93. The second kappa shape index (κ2) is 7.28. The molecule has 2 heterocycles. The summed E-state index contributed by atoms with van der Waals surface area (Å²) in [5.74, 6) is 0.248. The Balaban J connectivity index is 1.77. The average molecular weight is 299 g/mol. The third-order valence-electron chi connectivity index (χ3n) is 3.39. The first-order valence-corrected chi connectivity index (χ1v) is 7.31. The molecule has 1 aliphatic heterocycles. The van der Waals surface area contributed by atoms with Crippen molar-refractivity contribution < 1.29 is 4.79 Å². The maximum Gasteiger partial charge on any atom is 0.285 e. The molecule has 0 atom stereocenters. The van der Waals surface area contributed by atoms with Crippen molar-refractivity contribution in [2.75, 3.05) is 25.0 Å². The van der Waals surface area contributed by atoms with Crippen LogP contribution in [-0.4, -0.2) is 40.6 Å². The van der Waals surface area contributed by atoms with E-state index in [1.165, 1.54) is 6.20 Å². The molecule has 0 radical (unpaired) electrons. The highest BCUT2D eigenvalue weighted by Crippen LogP contribution is 2.14. The second-order valence-corrected chi connectivity index (χ2v) is 5.28. The number of amides is 1. The zero-order valence-corrected chi connectivity index (χ0v) is 12.1. The number of H-pyrrole nitrogens is 1. The lowest BCUT2D eigenvalue weighted by Crippen LogP contribution is -2.32. The number of nitrogens with one attached hydrogen (secondary N) is 2. The summed E-state index contributed by atoms with van der Waals surface area (Å²) in [5, 5.41) is 9.14. The minimum absolute atomic E-state index is 0.117. The maximum atomic E-state index is 11.8. The number of hydrogen-bond donors (Lipinski definition) is 2. The molecule has 2 N–H and O–H groups in total. The summed E-state index contributed by atoms with van der Waals surface area (Å²) >= 11 is 5.85. The summed E-state index contributed by atoms with van der Waals surface area (Å²) in [7, 11) is 0. The highest BCUT2D eigenvalue weighted by Gasteiger charge is 2.15.